The second-order valence-electron chi connectivity index (χ2n) is 3.23. The second-order valence-corrected chi connectivity index (χ2v) is 3.23. The van der Waals surface area contributed by atoms with Gasteiger partial charge in [0.15, 0.2) is 0 Å². The number of alkyl halides is 3. The third kappa shape index (κ3) is 5.24. The monoisotopic (exact) mass is 209 g/mol. The highest BCUT2D eigenvalue weighted by Crippen LogP contribution is 2.15. The van der Waals surface area contributed by atoms with E-state index in [2.05, 4.69) is 16.1 Å². The van der Waals surface area contributed by atoms with Gasteiger partial charge in [0.25, 0.3) is 0 Å². The highest BCUT2D eigenvalue weighted by Gasteiger charge is 2.28. The van der Waals surface area contributed by atoms with E-state index in [9.17, 15) is 13.2 Å². The van der Waals surface area contributed by atoms with Crippen LogP contribution in [0.1, 0.15) is 19.3 Å². The summed E-state index contributed by atoms with van der Waals surface area (Å²) in [5.74, 6) is 0. The first kappa shape index (κ1) is 11.5. The summed E-state index contributed by atoms with van der Waals surface area (Å²) in [7, 11) is 0. The molecular formula is C9H14F3NO. The molecule has 0 radical (unpaired) electrons. The zero-order chi connectivity index (χ0) is 10.4. The van der Waals surface area contributed by atoms with Gasteiger partial charge >= 0.3 is 6.36 Å². The third-order valence-corrected chi connectivity index (χ3v) is 2.07. The van der Waals surface area contributed by atoms with Crippen molar-refractivity contribution < 1.29 is 17.9 Å². The Morgan fingerprint density at radius 3 is 2.71 bits per heavy atom. The highest BCUT2D eigenvalue weighted by molar-refractivity contribution is 4.92. The molecule has 1 aliphatic rings. The van der Waals surface area contributed by atoms with E-state index < -0.39 is 6.36 Å². The predicted octanol–water partition coefficient (Wildman–Crippen LogP) is 2.22. The molecule has 1 unspecified atom stereocenters. The van der Waals surface area contributed by atoms with Gasteiger partial charge in [-0.15, -0.1) is 13.2 Å². The lowest BCUT2D eigenvalue weighted by molar-refractivity contribution is -0.323. The van der Waals surface area contributed by atoms with Crippen molar-refractivity contribution in [2.75, 3.05) is 13.2 Å². The topological polar surface area (TPSA) is 21.3 Å². The fourth-order valence-corrected chi connectivity index (χ4v) is 1.41. The van der Waals surface area contributed by atoms with Crippen molar-refractivity contribution in [3.05, 3.63) is 12.2 Å². The fourth-order valence-electron chi connectivity index (χ4n) is 1.41. The Kier molecular flexibility index (Phi) is 4.41. The highest BCUT2D eigenvalue weighted by atomic mass is 19.4. The molecule has 0 spiro atoms. The Morgan fingerprint density at radius 1 is 1.36 bits per heavy atom. The van der Waals surface area contributed by atoms with E-state index in [1.54, 1.807) is 0 Å². The summed E-state index contributed by atoms with van der Waals surface area (Å²) in [4.78, 5) is 0. The van der Waals surface area contributed by atoms with Crippen LogP contribution in [-0.2, 0) is 4.74 Å². The molecule has 0 bridgehead atoms. The van der Waals surface area contributed by atoms with Crippen LogP contribution < -0.4 is 5.32 Å². The average Bonchev–Trinajstić information content (AvgIpc) is 2.13. The lowest BCUT2D eigenvalue weighted by Gasteiger charge is -2.19. The van der Waals surface area contributed by atoms with Crippen molar-refractivity contribution in [1.29, 1.82) is 0 Å². The number of hydrogen-bond acceptors (Lipinski definition) is 2. The summed E-state index contributed by atoms with van der Waals surface area (Å²) in [6, 6.07) is 0.303. The van der Waals surface area contributed by atoms with Crippen LogP contribution in [0.25, 0.3) is 0 Å². The molecule has 5 heteroatoms. The second kappa shape index (κ2) is 5.36. The molecule has 1 atom stereocenters. The molecule has 0 fully saturated rings. The number of nitrogens with one attached hydrogen (secondary N) is 1. The largest absolute Gasteiger partial charge is 0.522 e. The molecule has 1 aliphatic carbocycles. The minimum absolute atomic E-state index is 0.248. The third-order valence-electron chi connectivity index (χ3n) is 2.07. The van der Waals surface area contributed by atoms with Crippen molar-refractivity contribution in [3.8, 4) is 0 Å². The molecule has 0 aromatic rings. The van der Waals surface area contributed by atoms with Crippen molar-refractivity contribution >= 4 is 0 Å². The molecule has 82 valence electrons. The van der Waals surface area contributed by atoms with Gasteiger partial charge in [-0.3, -0.25) is 4.74 Å². The Balaban J connectivity index is 2.01. The van der Waals surface area contributed by atoms with Gasteiger partial charge in [0, 0.05) is 12.6 Å². The number of allylic oxidation sites excluding steroid dienone is 1. The molecule has 1 N–H and O–H groups in total. The van der Waals surface area contributed by atoms with E-state index in [1.807, 2.05) is 6.08 Å². The van der Waals surface area contributed by atoms with Gasteiger partial charge in [-0.05, 0) is 19.3 Å². The first-order valence-electron chi connectivity index (χ1n) is 4.67. The van der Waals surface area contributed by atoms with Gasteiger partial charge < -0.3 is 5.32 Å². The number of ether oxygens (including phenoxy) is 1. The molecule has 1 rings (SSSR count). The molecule has 0 heterocycles. The maximum Gasteiger partial charge on any atom is 0.522 e. The van der Waals surface area contributed by atoms with E-state index in [-0.39, 0.29) is 13.2 Å². The minimum Gasteiger partial charge on any atom is -0.311 e. The SMILES string of the molecule is FC(F)(F)OCCNC1CC=CCC1. The smallest absolute Gasteiger partial charge is 0.311 e. The van der Waals surface area contributed by atoms with E-state index in [1.165, 1.54) is 0 Å². The van der Waals surface area contributed by atoms with Gasteiger partial charge in [-0.2, -0.15) is 0 Å². The molecular weight excluding hydrogens is 195 g/mol. The van der Waals surface area contributed by atoms with Gasteiger partial charge in [0.2, 0.25) is 0 Å². The van der Waals surface area contributed by atoms with Gasteiger partial charge in [0.05, 0.1) is 6.61 Å². The Bertz CT molecular complexity index is 191. The van der Waals surface area contributed by atoms with Gasteiger partial charge in [0.1, 0.15) is 0 Å². The van der Waals surface area contributed by atoms with Crippen LogP contribution in [0.3, 0.4) is 0 Å². The number of hydrogen-bond donors (Lipinski definition) is 1. The van der Waals surface area contributed by atoms with Crippen LogP contribution in [0, 0.1) is 0 Å². The molecule has 0 aliphatic heterocycles. The number of rotatable bonds is 4. The van der Waals surface area contributed by atoms with Crippen LogP contribution in [0.4, 0.5) is 13.2 Å². The summed E-state index contributed by atoms with van der Waals surface area (Å²) >= 11 is 0. The zero-order valence-electron chi connectivity index (χ0n) is 7.81. The Labute approximate surface area is 81.1 Å². The van der Waals surface area contributed by atoms with E-state index in [4.69, 9.17) is 0 Å². The van der Waals surface area contributed by atoms with Crippen LogP contribution in [0.2, 0.25) is 0 Å². The Morgan fingerprint density at radius 2 is 2.14 bits per heavy atom. The fraction of sp³-hybridized carbons (Fsp3) is 0.778. The summed E-state index contributed by atoms with van der Waals surface area (Å²) in [6.45, 7) is -0.0677. The first-order chi connectivity index (χ1) is 6.58. The maximum absolute atomic E-state index is 11.6. The molecule has 0 amide bonds. The Hall–Kier alpha value is -0.550. The lowest BCUT2D eigenvalue weighted by Crippen LogP contribution is -2.33. The van der Waals surface area contributed by atoms with Crippen LogP contribution in [0.5, 0.6) is 0 Å². The molecule has 0 saturated carbocycles. The first-order valence-corrected chi connectivity index (χ1v) is 4.67. The van der Waals surface area contributed by atoms with Crippen molar-refractivity contribution in [2.24, 2.45) is 0 Å². The quantitative estimate of drug-likeness (QED) is 0.566. The van der Waals surface area contributed by atoms with Crippen LogP contribution in [0.15, 0.2) is 12.2 Å². The van der Waals surface area contributed by atoms with Crippen molar-refractivity contribution in [1.82, 2.24) is 5.32 Å². The van der Waals surface area contributed by atoms with Gasteiger partial charge in [-0.1, -0.05) is 12.2 Å². The summed E-state index contributed by atoms with van der Waals surface area (Å²) in [5, 5.41) is 3.02. The minimum atomic E-state index is -4.51. The van der Waals surface area contributed by atoms with E-state index >= 15 is 0 Å². The van der Waals surface area contributed by atoms with E-state index in [0.29, 0.717) is 6.04 Å². The predicted molar refractivity (Wildman–Crippen MR) is 46.8 cm³/mol. The summed E-state index contributed by atoms with van der Waals surface area (Å²) < 4.78 is 38.3. The van der Waals surface area contributed by atoms with Crippen LogP contribution in [-0.4, -0.2) is 25.6 Å². The molecule has 14 heavy (non-hydrogen) atoms. The van der Waals surface area contributed by atoms with Gasteiger partial charge in [-0.25, -0.2) is 0 Å². The van der Waals surface area contributed by atoms with Crippen molar-refractivity contribution in [3.63, 3.8) is 0 Å². The maximum atomic E-state index is 11.6. The average molecular weight is 209 g/mol. The summed E-state index contributed by atoms with van der Waals surface area (Å²) in [5.41, 5.74) is 0. The zero-order valence-corrected chi connectivity index (χ0v) is 7.81. The normalized spacial score (nSPS) is 22.6. The standard InChI is InChI=1S/C9H14F3NO/c10-9(11,12)14-7-6-13-8-4-2-1-3-5-8/h1-2,8,13H,3-7H2. The summed E-state index contributed by atoms with van der Waals surface area (Å²) in [6.07, 6.45) is 2.51. The molecule has 2 nitrogen and oxygen atoms in total. The molecule has 0 aromatic carbocycles. The number of halogens is 3. The molecule has 0 aromatic heterocycles. The van der Waals surface area contributed by atoms with E-state index in [0.717, 1.165) is 19.3 Å². The lowest BCUT2D eigenvalue weighted by atomic mass is 10.0. The molecule has 0 saturated heterocycles. The van der Waals surface area contributed by atoms with Crippen molar-refractivity contribution in [2.45, 2.75) is 31.7 Å². The van der Waals surface area contributed by atoms with Crippen LogP contribution >= 0.6 is 0 Å².